The monoisotopic (exact) mass is 476 g/mol. The van der Waals surface area contributed by atoms with Crippen molar-refractivity contribution >= 4 is 23.1 Å². The van der Waals surface area contributed by atoms with Gasteiger partial charge in [0.05, 0.1) is 38.7 Å². The molecule has 0 spiro atoms. The number of hydrogen-bond donors (Lipinski definition) is 1. The first-order chi connectivity index (χ1) is 16.8. The molecule has 1 N–H and O–H groups in total. The Morgan fingerprint density at radius 2 is 1.69 bits per heavy atom. The van der Waals surface area contributed by atoms with Crippen molar-refractivity contribution in [1.29, 1.82) is 0 Å². The zero-order chi connectivity index (χ0) is 24.9. The van der Waals surface area contributed by atoms with E-state index in [1.807, 2.05) is 35.2 Å². The normalized spacial score (nSPS) is 20.9. The zero-order valence-electron chi connectivity index (χ0n) is 20.9. The lowest BCUT2D eigenvalue weighted by molar-refractivity contribution is -0.120. The number of ketones is 1. The van der Waals surface area contributed by atoms with E-state index in [2.05, 4.69) is 19.2 Å². The molecule has 3 aliphatic rings. The first kappa shape index (κ1) is 23.3. The Kier molecular flexibility index (Phi) is 5.74. The number of Topliss-reactive ketones (excluding diaryl/α,β-unsaturated/α-hetero) is 1. The molecule has 1 heterocycles. The van der Waals surface area contributed by atoms with Crippen molar-refractivity contribution in [2.75, 3.05) is 31.5 Å². The van der Waals surface area contributed by atoms with E-state index in [9.17, 15) is 9.59 Å². The molecule has 5 rings (SSSR count). The Hall–Kier alpha value is -3.48. The average Bonchev–Trinajstić information content (AvgIpc) is 3.68. The first-order valence-corrected chi connectivity index (χ1v) is 12.0. The summed E-state index contributed by atoms with van der Waals surface area (Å²) in [5.41, 5.74) is 3.54. The molecule has 2 aromatic rings. The molecule has 7 heteroatoms. The number of benzene rings is 2. The minimum absolute atomic E-state index is 0.0208. The minimum atomic E-state index is -0.660. The van der Waals surface area contributed by atoms with Gasteiger partial charge in [-0.05, 0) is 48.9 Å². The molecular formula is C28H32N2O5. The Morgan fingerprint density at radius 3 is 2.34 bits per heavy atom. The van der Waals surface area contributed by atoms with Crippen LogP contribution < -0.4 is 24.4 Å². The van der Waals surface area contributed by atoms with Crippen LogP contribution in [0.2, 0.25) is 0 Å². The Morgan fingerprint density at radius 1 is 0.971 bits per heavy atom. The van der Waals surface area contributed by atoms with Gasteiger partial charge in [0.1, 0.15) is 0 Å². The summed E-state index contributed by atoms with van der Waals surface area (Å²) >= 11 is 0. The van der Waals surface area contributed by atoms with Crippen molar-refractivity contribution in [2.24, 2.45) is 11.3 Å². The van der Waals surface area contributed by atoms with Crippen molar-refractivity contribution in [1.82, 2.24) is 0 Å². The van der Waals surface area contributed by atoms with Gasteiger partial charge in [0, 0.05) is 29.2 Å². The fourth-order valence-corrected chi connectivity index (χ4v) is 5.39. The Labute approximate surface area is 206 Å². The molecule has 1 aliphatic heterocycles. The van der Waals surface area contributed by atoms with Crippen molar-refractivity contribution in [3.05, 3.63) is 53.2 Å². The standard InChI is InChI=1S/C28H32N2O5/c1-28(2)14-19-23(21(31)15-28)24(17-12-13-22(33-3)26(35-5)25(17)34-4)30(27(32)16-10-11-16)20-9-7-6-8-18(20)29-19/h6-9,12-13,16,24,29H,10-11,14-15H2,1-5H3. The fraction of sp³-hybridized carbons (Fsp3) is 0.429. The van der Waals surface area contributed by atoms with Crippen LogP contribution in [0, 0.1) is 11.3 Å². The average molecular weight is 477 g/mol. The second-order valence-corrected chi connectivity index (χ2v) is 10.3. The van der Waals surface area contributed by atoms with Crippen LogP contribution in [0.1, 0.15) is 51.1 Å². The quantitative estimate of drug-likeness (QED) is 0.634. The van der Waals surface area contributed by atoms with E-state index in [0.29, 0.717) is 41.2 Å². The Balaban J connectivity index is 1.83. The van der Waals surface area contributed by atoms with Crippen LogP contribution in [0.25, 0.3) is 0 Å². The van der Waals surface area contributed by atoms with Gasteiger partial charge in [-0.3, -0.25) is 14.5 Å². The van der Waals surface area contributed by atoms with E-state index in [1.165, 1.54) is 0 Å². The van der Waals surface area contributed by atoms with Crippen LogP contribution >= 0.6 is 0 Å². The lowest BCUT2D eigenvalue weighted by Crippen LogP contribution is -2.40. The van der Waals surface area contributed by atoms with Gasteiger partial charge in [-0.15, -0.1) is 0 Å². The van der Waals surface area contributed by atoms with E-state index in [0.717, 1.165) is 29.9 Å². The molecular weight excluding hydrogens is 444 g/mol. The van der Waals surface area contributed by atoms with Gasteiger partial charge in [-0.2, -0.15) is 0 Å². The first-order valence-electron chi connectivity index (χ1n) is 12.0. The van der Waals surface area contributed by atoms with Gasteiger partial charge in [0.2, 0.25) is 11.7 Å². The maximum atomic E-state index is 13.9. The van der Waals surface area contributed by atoms with Gasteiger partial charge in [0.15, 0.2) is 17.3 Å². The number of hydrogen-bond acceptors (Lipinski definition) is 6. The highest BCUT2D eigenvalue weighted by Crippen LogP contribution is 2.53. The van der Waals surface area contributed by atoms with E-state index in [1.54, 1.807) is 27.4 Å². The summed E-state index contributed by atoms with van der Waals surface area (Å²) in [7, 11) is 4.69. The maximum Gasteiger partial charge on any atom is 0.231 e. The number of para-hydroxylation sites is 2. The topological polar surface area (TPSA) is 77.1 Å². The number of anilines is 2. The number of nitrogens with one attached hydrogen (secondary N) is 1. The minimum Gasteiger partial charge on any atom is -0.493 e. The molecule has 1 amide bonds. The van der Waals surface area contributed by atoms with E-state index < -0.39 is 6.04 Å². The molecule has 0 bridgehead atoms. The van der Waals surface area contributed by atoms with Crippen LogP contribution in [0.5, 0.6) is 17.2 Å². The molecule has 35 heavy (non-hydrogen) atoms. The van der Waals surface area contributed by atoms with Gasteiger partial charge >= 0.3 is 0 Å². The predicted molar refractivity (Wildman–Crippen MR) is 134 cm³/mol. The van der Waals surface area contributed by atoms with Crippen molar-refractivity contribution in [3.63, 3.8) is 0 Å². The SMILES string of the molecule is COc1ccc(C2C3=C(CC(C)(C)CC3=O)Nc3ccccc3N2C(=O)C2CC2)c(OC)c1OC. The van der Waals surface area contributed by atoms with E-state index in [4.69, 9.17) is 14.2 Å². The number of fused-ring (bicyclic) bond motifs is 1. The molecule has 184 valence electrons. The molecule has 0 saturated heterocycles. The summed E-state index contributed by atoms with van der Waals surface area (Å²) in [6.07, 6.45) is 2.81. The summed E-state index contributed by atoms with van der Waals surface area (Å²) in [5, 5.41) is 3.55. The molecule has 0 radical (unpaired) electrons. The number of methoxy groups -OCH3 is 3. The van der Waals surface area contributed by atoms with Crippen molar-refractivity contribution in [2.45, 2.75) is 45.6 Å². The maximum absolute atomic E-state index is 13.9. The second-order valence-electron chi connectivity index (χ2n) is 10.3. The summed E-state index contributed by atoms with van der Waals surface area (Å²) in [6.45, 7) is 4.21. The highest BCUT2D eigenvalue weighted by atomic mass is 16.5. The smallest absolute Gasteiger partial charge is 0.231 e. The molecule has 2 aliphatic carbocycles. The van der Waals surface area contributed by atoms with Crippen LogP contribution in [-0.2, 0) is 9.59 Å². The number of carbonyl (C=O) groups is 2. The molecule has 2 aromatic carbocycles. The summed E-state index contributed by atoms with van der Waals surface area (Å²) < 4.78 is 17.0. The van der Waals surface area contributed by atoms with Crippen LogP contribution in [0.15, 0.2) is 47.7 Å². The third-order valence-corrected chi connectivity index (χ3v) is 7.09. The lowest BCUT2D eigenvalue weighted by atomic mass is 9.73. The van der Waals surface area contributed by atoms with Crippen molar-refractivity contribution in [3.8, 4) is 17.2 Å². The van der Waals surface area contributed by atoms with Gasteiger partial charge < -0.3 is 19.5 Å². The van der Waals surface area contributed by atoms with Gasteiger partial charge in [-0.1, -0.05) is 26.0 Å². The van der Waals surface area contributed by atoms with Crippen molar-refractivity contribution < 1.29 is 23.8 Å². The highest BCUT2D eigenvalue weighted by Gasteiger charge is 2.47. The Bertz CT molecular complexity index is 1230. The summed E-state index contributed by atoms with van der Waals surface area (Å²) in [4.78, 5) is 29.6. The largest absolute Gasteiger partial charge is 0.493 e. The number of amides is 1. The fourth-order valence-electron chi connectivity index (χ4n) is 5.39. The number of allylic oxidation sites excluding steroid dienone is 1. The van der Waals surface area contributed by atoms with E-state index in [-0.39, 0.29) is 23.0 Å². The molecule has 1 fully saturated rings. The number of ether oxygens (including phenoxy) is 3. The number of nitrogens with zero attached hydrogens (tertiary/aromatic N) is 1. The number of carbonyl (C=O) groups excluding carboxylic acids is 2. The summed E-state index contributed by atoms with van der Waals surface area (Å²) in [5.74, 6) is 1.41. The molecule has 1 atom stereocenters. The summed E-state index contributed by atoms with van der Waals surface area (Å²) in [6, 6.07) is 10.8. The lowest BCUT2D eigenvalue weighted by Gasteiger charge is -2.37. The van der Waals surface area contributed by atoms with E-state index >= 15 is 0 Å². The zero-order valence-corrected chi connectivity index (χ0v) is 20.9. The van der Waals surface area contributed by atoms with Crippen LogP contribution in [-0.4, -0.2) is 33.0 Å². The predicted octanol–water partition coefficient (Wildman–Crippen LogP) is 5.27. The molecule has 7 nitrogen and oxygen atoms in total. The highest BCUT2D eigenvalue weighted by molar-refractivity contribution is 6.07. The van der Waals surface area contributed by atoms with Gasteiger partial charge in [0.25, 0.3) is 0 Å². The molecule has 0 aromatic heterocycles. The third-order valence-electron chi connectivity index (χ3n) is 7.09. The molecule has 1 saturated carbocycles. The third kappa shape index (κ3) is 3.93. The second kappa shape index (κ2) is 8.63. The molecule has 1 unspecified atom stereocenters. The van der Waals surface area contributed by atoms with Crippen LogP contribution in [0.4, 0.5) is 11.4 Å². The van der Waals surface area contributed by atoms with Crippen LogP contribution in [0.3, 0.4) is 0 Å². The number of rotatable bonds is 5. The van der Waals surface area contributed by atoms with Gasteiger partial charge in [-0.25, -0.2) is 0 Å².